The lowest BCUT2D eigenvalue weighted by Crippen LogP contribution is -2.20. The number of carbonyl (C=O) groups excluding carboxylic acids is 1. The minimum Gasteiger partial charge on any atom is -0.502 e. The second kappa shape index (κ2) is 5.00. The molecular formula is C16H12N2O4. The number of phenols is 1. The van der Waals surface area contributed by atoms with Gasteiger partial charge in [-0.05, 0) is 23.8 Å². The van der Waals surface area contributed by atoms with Gasteiger partial charge in [-0.1, -0.05) is 24.3 Å². The molecule has 0 fully saturated rings. The smallest absolute Gasteiger partial charge is 0.311 e. The first-order valence-electron chi connectivity index (χ1n) is 6.55. The van der Waals surface area contributed by atoms with E-state index < -0.39 is 10.7 Å². The summed E-state index contributed by atoms with van der Waals surface area (Å²) in [6.07, 6.45) is 1.59. The first-order chi connectivity index (χ1) is 10.5. The lowest BCUT2D eigenvalue weighted by molar-refractivity contribution is -0.385. The Morgan fingerprint density at radius 3 is 2.68 bits per heavy atom. The van der Waals surface area contributed by atoms with Gasteiger partial charge in [0.25, 0.3) is 5.91 Å². The molecule has 6 heteroatoms. The van der Waals surface area contributed by atoms with Crippen LogP contribution >= 0.6 is 0 Å². The number of hydrogen-bond donors (Lipinski definition) is 1. The molecule has 0 aliphatic carbocycles. The van der Waals surface area contributed by atoms with Crippen molar-refractivity contribution in [3.05, 3.63) is 63.7 Å². The lowest BCUT2D eigenvalue weighted by Gasteiger charge is -2.07. The van der Waals surface area contributed by atoms with Crippen molar-refractivity contribution in [2.24, 2.45) is 0 Å². The number of aromatic hydroxyl groups is 1. The Kier molecular flexibility index (Phi) is 3.14. The molecule has 1 aliphatic rings. The highest BCUT2D eigenvalue weighted by molar-refractivity contribution is 6.35. The molecule has 0 spiro atoms. The highest BCUT2D eigenvalue weighted by atomic mass is 16.6. The van der Waals surface area contributed by atoms with Gasteiger partial charge in [0.15, 0.2) is 5.75 Å². The molecule has 0 bridgehead atoms. The Morgan fingerprint density at radius 1 is 1.23 bits per heavy atom. The molecule has 0 saturated heterocycles. The van der Waals surface area contributed by atoms with Gasteiger partial charge in [-0.25, -0.2) is 0 Å². The summed E-state index contributed by atoms with van der Waals surface area (Å²) in [4.78, 5) is 24.1. The van der Waals surface area contributed by atoms with Crippen molar-refractivity contribution in [3.63, 3.8) is 0 Å². The summed E-state index contributed by atoms with van der Waals surface area (Å²) in [6, 6.07) is 11.4. The first-order valence-corrected chi connectivity index (χ1v) is 6.55. The van der Waals surface area contributed by atoms with Gasteiger partial charge in [0.1, 0.15) is 0 Å². The summed E-state index contributed by atoms with van der Waals surface area (Å²) in [5.41, 5.74) is 2.15. The van der Waals surface area contributed by atoms with Crippen LogP contribution in [0.5, 0.6) is 5.75 Å². The van der Waals surface area contributed by atoms with Crippen molar-refractivity contribution in [1.82, 2.24) is 0 Å². The van der Waals surface area contributed by atoms with E-state index in [1.54, 1.807) is 13.1 Å². The zero-order valence-electron chi connectivity index (χ0n) is 11.7. The average molecular weight is 296 g/mol. The topological polar surface area (TPSA) is 83.7 Å². The SMILES string of the molecule is CN1C(=O)C(=Cc2ccc(O)c([N+](=O)[O-])c2)c2ccccc21. The summed E-state index contributed by atoms with van der Waals surface area (Å²) in [5, 5.41) is 20.4. The zero-order chi connectivity index (χ0) is 15.9. The van der Waals surface area contributed by atoms with Gasteiger partial charge in [0.2, 0.25) is 0 Å². The highest BCUT2D eigenvalue weighted by Crippen LogP contribution is 2.37. The number of likely N-dealkylation sites (N-methyl/N-ethyl adjacent to an activating group) is 1. The van der Waals surface area contributed by atoms with Crippen LogP contribution < -0.4 is 4.90 Å². The predicted molar refractivity (Wildman–Crippen MR) is 82.5 cm³/mol. The number of nitro benzene ring substituents is 1. The van der Waals surface area contributed by atoms with Crippen molar-refractivity contribution in [2.45, 2.75) is 0 Å². The molecule has 6 nitrogen and oxygen atoms in total. The van der Waals surface area contributed by atoms with Crippen LogP contribution in [0.2, 0.25) is 0 Å². The normalized spacial score (nSPS) is 15.2. The number of nitro groups is 1. The molecule has 0 unspecified atom stereocenters. The Bertz CT molecular complexity index is 827. The van der Waals surface area contributed by atoms with E-state index in [-0.39, 0.29) is 11.6 Å². The third-order valence-electron chi connectivity index (χ3n) is 3.60. The number of rotatable bonds is 2. The molecule has 1 amide bonds. The maximum absolute atomic E-state index is 12.3. The number of phenolic OH excluding ortho intramolecular Hbond substituents is 1. The third kappa shape index (κ3) is 2.10. The highest BCUT2D eigenvalue weighted by Gasteiger charge is 2.29. The zero-order valence-corrected chi connectivity index (χ0v) is 11.7. The Hall–Kier alpha value is -3.15. The quantitative estimate of drug-likeness (QED) is 0.524. The molecule has 1 N–H and O–H groups in total. The number of fused-ring (bicyclic) bond motifs is 1. The van der Waals surface area contributed by atoms with E-state index in [0.29, 0.717) is 11.1 Å². The summed E-state index contributed by atoms with van der Waals surface area (Å²) in [6.45, 7) is 0. The Balaban J connectivity index is 2.12. The first kappa shape index (κ1) is 13.8. The van der Waals surface area contributed by atoms with Gasteiger partial charge in [-0.2, -0.15) is 0 Å². The van der Waals surface area contributed by atoms with Gasteiger partial charge in [-0.3, -0.25) is 14.9 Å². The van der Waals surface area contributed by atoms with Gasteiger partial charge < -0.3 is 10.0 Å². The molecule has 3 rings (SSSR count). The van der Waals surface area contributed by atoms with E-state index in [9.17, 15) is 20.0 Å². The number of nitrogens with zero attached hydrogens (tertiary/aromatic N) is 2. The van der Waals surface area contributed by atoms with Gasteiger partial charge in [0, 0.05) is 24.3 Å². The van der Waals surface area contributed by atoms with Gasteiger partial charge in [-0.15, -0.1) is 0 Å². The standard InChI is InChI=1S/C16H12N2O4/c1-17-13-5-3-2-4-11(13)12(16(17)20)8-10-6-7-15(19)14(9-10)18(21)22/h2-9,19H,1H3. The lowest BCUT2D eigenvalue weighted by atomic mass is 10.0. The van der Waals surface area contributed by atoms with Gasteiger partial charge in [0.05, 0.1) is 10.6 Å². The van der Waals surface area contributed by atoms with E-state index in [1.165, 1.54) is 23.1 Å². The van der Waals surface area contributed by atoms with Crippen LogP contribution in [0.25, 0.3) is 11.6 Å². The summed E-state index contributed by atoms with van der Waals surface area (Å²) >= 11 is 0. The number of amides is 1. The predicted octanol–water partition coefficient (Wildman–Crippen LogP) is 2.82. The number of hydrogen-bond acceptors (Lipinski definition) is 4. The second-order valence-electron chi connectivity index (χ2n) is 4.94. The van der Waals surface area contributed by atoms with Crippen LogP contribution in [0.4, 0.5) is 11.4 Å². The number of carbonyl (C=O) groups is 1. The van der Waals surface area contributed by atoms with Crippen LogP contribution in [0, 0.1) is 10.1 Å². The molecule has 22 heavy (non-hydrogen) atoms. The van der Waals surface area contributed by atoms with E-state index in [2.05, 4.69) is 0 Å². The molecule has 0 aromatic heterocycles. The molecule has 0 radical (unpaired) electrons. The van der Waals surface area contributed by atoms with Crippen LogP contribution in [0.1, 0.15) is 11.1 Å². The van der Waals surface area contributed by atoms with Gasteiger partial charge >= 0.3 is 5.69 Å². The van der Waals surface area contributed by atoms with Crippen molar-refractivity contribution in [1.29, 1.82) is 0 Å². The summed E-state index contributed by atoms with van der Waals surface area (Å²) < 4.78 is 0. The molecule has 110 valence electrons. The maximum Gasteiger partial charge on any atom is 0.311 e. The fourth-order valence-electron chi connectivity index (χ4n) is 2.48. The molecule has 2 aromatic rings. The number of benzene rings is 2. The fourth-order valence-corrected chi connectivity index (χ4v) is 2.48. The van der Waals surface area contributed by atoms with Crippen molar-refractivity contribution in [2.75, 3.05) is 11.9 Å². The summed E-state index contributed by atoms with van der Waals surface area (Å²) in [5.74, 6) is -0.570. The Morgan fingerprint density at radius 2 is 1.95 bits per heavy atom. The monoisotopic (exact) mass is 296 g/mol. The van der Waals surface area contributed by atoms with Crippen LogP contribution in [0.15, 0.2) is 42.5 Å². The van der Waals surface area contributed by atoms with E-state index in [0.717, 1.165) is 11.3 Å². The fraction of sp³-hybridized carbons (Fsp3) is 0.0625. The van der Waals surface area contributed by atoms with Crippen LogP contribution in [-0.4, -0.2) is 23.0 Å². The summed E-state index contributed by atoms with van der Waals surface area (Å²) in [7, 11) is 1.68. The Labute approximate surface area is 126 Å². The molecule has 0 saturated carbocycles. The molecule has 1 aliphatic heterocycles. The molecule has 2 aromatic carbocycles. The molecular weight excluding hydrogens is 284 g/mol. The number of anilines is 1. The van der Waals surface area contributed by atoms with Crippen molar-refractivity contribution < 1.29 is 14.8 Å². The minimum absolute atomic E-state index is 0.170. The van der Waals surface area contributed by atoms with Crippen LogP contribution in [-0.2, 0) is 4.79 Å². The molecule has 0 atom stereocenters. The van der Waals surface area contributed by atoms with Crippen molar-refractivity contribution in [3.8, 4) is 5.75 Å². The van der Waals surface area contributed by atoms with E-state index in [1.807, 2.05) is 24.3 Å². The minimum atomic E-state index is -0.659. The van der Waals surface area contributed by atoms with E-state index in [4.69, 9.17) is 0 Å². The largest absolute Gasteiger partial charge is 0.502 e. The second-order valence-corrected chi connectivity index (χ2v) is 4.94. The van der Waals surface area contributed by atoms with Crippen LogP contribution in [0.3, 0.4) is 0 Å². The maximum atomic E-state index is 12.3. The van der Waals surface area contributed by atoms with E-state index >= 15 is 0 Å². The molecule has 1 heterocycles. The average Bonchev–Trinajstić information content (AvgIpc) is 2.74. The number of para-hydroxylation sites is 1. The third-order valence-corrected chi connectivity index (χ3v) is 3.60. The van der Waals surface area contributed by atoms with Crippen molar-refractivity contribution >= 4 is 28.9 Å².